The molecular weight excluding hydrogens is 704 g/mol. The first kappa shape index (κ1) is 42.1. The molecular formula is C38H44Fe2N4O5+4. The van der Waals surface area contributed by atoms with E-state index in [1.165, 1.54) is 0 Å². The topological polar surface area (TPSA) is 134 Å². The first-order chi connectivity index (χ1) is 22.4. The minimum Gasteiger partial charge on any atom is -2.00 e. The van der Waals surface area contributed by atoms with Crippen molar-refractivity contribution in [3.63, 3.8) is 0 Å². The SMILES string of the molecule is [Fe+5].[Fe+5].[O-2].[O-]c1ccccc1CN1CCCN(Cc2ccccc2[O-])CC1.[O-]c1ccccc1CN1CCCN(Cc2ccccc2[O-])CC1. The maximum atomic E-state index is 11.9. The average Bonchev–Trinajstić information content (AvgIpc) is 3.42. The minimum atomic E-state index is 0. The molecule has 2 saturated heterocycles. The van der Waals surface area contributed by atoms with Crippen LogP contribution in [0.15, 0.2) is 97.1 Å². The number of hydrogen-bond donors (Lipinski definition) is 0. The maximum Gasteiger partial charge on any atom is 5.00 e. The number of nitrogens with zero attached hydrogens (tertiary/aromatic N) is 4. The Hall–Kier alpha value is -3.08. The van der Waals surface area contributed by atoms with Gasteiger partial charge in [0.25, 0.3) is 0 Å². The standard InChI is InChI=1S/2C19H24N2O2.2Fe.O/c2*22-18-8-3-1-6-16(18)14-20-10-5-11-21(13-12-20)15-17-7-2-4-9-19(17)23;;;/h2*1-4,6-9,22-23H,5,10-15H2;;;/q;;2*+5;-2/p-4. The Kier molecular flexibility index (Phi) is 18.8. The second-order valence-corrected chi connectivity index (χ2v) is 12.2. The molecule has 0 atom stereocenters. The second kappa shape index (κ2) is 21.9. The third-order valence-electron chi connectivity index (χ3n) is 8.83. The van der Waals surface area contributed by atoms with Gasteiger partial charge in [-0.3, -0.25) is 19.6 Å². The summed E-state index contributed by atoms with van der Waals surface area (Å²) in [6, 6.07) is 29.0. The quantitative estimate of drug-likeness (QED) is 0.252. The van der Waals surface area contributed by atoms with Crippen molar-refractivity contribution in [3.05, 3.63) is 119 Å². The fraction of sp³-hybridized carbons (Fsp3) is 0.368. The number of para-hydroxylation sites is 4. The van der Waals surface area contributed by atoms with Crippen LogP contribution in [-0.4, -0.2) is 72.0 Å². The van der Waals surface area contributed by atoms with Gasteiger partial charge in [-0.2, -0.15) is 0 Å². The van der Waals surface area contributed by atoms with Crippen LogP contribution in [0.5, 0.6) is 23.0 Å². The molecule has 49 heavy (non-hydrogen) atoms. The largest absolute Gasteiger partial charge is 5.00 e. The Morgan fingerprint density at radius 1 is 0.347 bits per heavy atom. The molecule has 0 bridgehead atoms. The summed E-state index contributed by atoms with van der Waals surface area (Å²) in [6.07, 6.45) is 2.12. The monoisotopic (exact) mass is 748 g/mol. The fourth-order valence-electron chi connectivity index (χ4n) is 6.18. The third kappa shape index (κ3) is 13.3. The summed E-state index contributed by atoms with van der Waals surface area (Å²) < 4.78 is 0. The van der Waals surface area contributed by atoms with Crippen LogP contribution in [0.25, 0.3) is 0 Å². The van der Waals surface area contributed by atoms with E-state index in [1.807, 2.05) is 48.5 Å². The summed E-state index contributed by atoms with van der Waals surface area (Å²) in [5, 5.41) is 47.4. The molecule has 0 amide bonds. The molecule has 4 aromatic rings. The molecule has 258 valence electrons. The molecule has 2 aliphatic rings. The molecule has 0 aliphatic carbocycles. The fourth-order valence-corrected chi connectivity index (χ4v) is 6.18. The van der Waals surface area contributed by atoms with Crippen molar-refractivity contribution in [2.45, 2.75) is 39.0 Å². The Morgan fingerprint density at radius 2 is 0.551 bits per heavy atom. The zero-order chi connectivity index (χ0) is 32.1. The van der Waals surface area contributed by atoms with Gasteiger partial charge >= 0.3 is 34.1 Å². The molecule has 2 fully saturated rings. The van der Waals surface area contributed by atoms with Gasteiger partial charge < -0.3 is 25.9 Å². The number of rotatable bonds is 8. The van der Waals surface area contributed by atoms with E-state index < -0.39 is 0 Å². The van der Waals surface area contributed by atoms with Gasteiger partial charge in [-0.25, -0.2) is 0 Å². The van der Waals surface area contributed by atoms with Gasteiger partial charge in [0.1, 0.15) is 0 Å². The number of benzene rings is 4. The summed E-state index contributed by atoms with van der Waals surface area (Å²) in [7, 11) is 0. The van der Waals surface area contributed by atoms with Gasteiger partial charge in [-0.15, -0.1) is 23.0 Å². The van der Waals surface area contributed by atoms with Crippen LogP contribution in [-0.2, 0) is 65.8 Å². The van der Waals surface area contributed by atoms with E-state index in [4.69, 9.17) is 0 Å². The molecule has 9 nitrogen and oxygen atoms in total. The molecule has 4 aromatic carbocycles. The Morgan fingerprint density at radius 3 is 0.755 bits per heavy atom. The van der Waals surface area contributed by atoms with Crippen molar-refractivity contribution in [2.75, 3.05) is 52.4 Å². The van der Waals surface area contributed by atoms with Crippen LogP contribution < -0.4 is 20.4 Å². The summed E-state index contributed by atoms with van der Waals surface area (Å²) >= 11 is 0. The van der Waals surface area contributed by atoms with Crippen LogP contribution in [0.2, 0.25) is 0 Å². The molecule has 6 rings (SSSR count). The van der Waals surface area contributed by atoms with Gasteiger partial charge in [0, 0.05) is 52.4 Å². The molecule has 2 heterocycles. The number of hydrogen-bond acceptors (Lipinski definition) is 8. The second-order valence-electron chi connectivity index (χ2n) is 12.2. The summed E-state index contributed by atoms with van der Waals surface area (Å²) in [5.74, 6) is 0.477. The van der Waals surface area contributed by atoms with E-state index in [0.717, 1.165) is 87.5 Å². The van der Waals surface area contributed by atoms with Gasteiger partial charge in [0.15, 0.2) is 0 Å². The molecule has 0 saturated carbocycles. The molecule has 0 spiro atoms. The van der Waals surface area contributed by atoms with Gasteiger partial charge in [0.05, 0.1) is 0 Å². The molecule has 11 heteroatoms. The maximum absolute atomic E-state index is 11.9. The normalized spacial score (nSPS) is 16.0. The van der Waals surface area contributed by atoms with E-state index >= 15 is 0 Å². The van der Waals surface area contributed by atoms with E-state index in [2.05, 4.69) is 19.6 Å². The van der Waals surface area contributed by atoms with Crippen molar-refractivity contribution < 1.29 is 60.0 Å². The van der Waals surface area contributed by atoms with E-state index in [-0.39, 0.29) is 62.6 Å². The molecule has 2 radical (unpaired) electrons. The summed E-state index contributed by atoms with van der Waals surface area (Å²) in [5.41, 5.74) is 3.47. The zero-order valence-electron chi connectivity index (χ0n) is 27.7. The molecule has 2 aliphatic heterocycles. The van der Waals surface area contributed by atoms with Crippen molar-refractivity contribution >= 4 is 0 Å². The summed E-state index contributed by atoms with van der Waals surface area (Å²) in [4.78, 5) is 9.33. The molecule has 0 unspecified atom stereocenters. The van der Waals surface area contributed by atoms with Gasteiger partial charge in [-0.1, -0.05) is 97.1 Å². The van der Waals surface area contributed by atoms with Crippen LogP contribution in [0, 0.1) is 0 Å². The van der Waals surface area contributed by atoms with E-state index in [9.17, 15) is 20.4 Å². The first-order valence-electron chi connectivity index (χ1n) is 16.3. The Labute approximate surface area is 312 Å². The van der Waals surface area contributed by atoms with Crippen LogP contribution >= 0.6 is 0 Å². The first-order valence-corrected chi connectivity index (χ1v) is 16.3. The van der Waals surface area contributed by atoms with Crippen LogP contribution in [0.1, 0.15) is 35.1 Å². The van der Waals surface area contributed by atoms with Crippen LogP contribution in [0.3, 0.4) is 0 Å². The minimum absolute atomic E-state index is 0. The molecule has 0 aromatic heterocycles. The van der Waals surface area contributed by atoms with Crippen molar-refractivity contribution in [3.8, 4) is 23.0 Å². The Balaban J connectivity index is 0.000000321. The van der Waals surface area contributed by atoms with E-state index in [1.54, 1.807) is 48.5 Å². The molecule has 0 N–H and O–H groups in total. The predicted octanol–water partition coefficient (Wildman–Crippen LogP) is 2.96. The third-order valence-corrected chi connectivity index (χ3v) is 8.83. The Bertz CT molecular complexity index is 1310. The van der Waals surface area contributed by atoms with Crippen molar-refractivity contribution in [1.29, 1.82) is 0 Å². The summed E-state index contributed by atoms with van der Waals surface area (Å²) in [6.45, 7) is 10.5. The zero-order valence-corrected chi connectivity index (χ0v) is 29.9. The van der Waals surface area contributed by atoms with Crippen LogP contribution in [0.4, 0.5) is 0 Å². The van der Waals surface area contributed by atoms with Gasteiger partial charge in [0.2, 0.25) is 0 Å². The van der Waals surface area contributed by atoms with Crippen molar-refractivity contribution in [1.82, 2.24) is 19.6 Å². The predicted molar refractivity (Wildman–Crippen MR) is 175 cm³/mol. The van der Waals surface area contributed by atoms with E-state index in [0.29, 0.717) is 26.2 Å². The average molecular weight is 748 g/mol. The van der Waals surface area contributed by atoms with Gasteiger partial charge in [-0.05, 0) is 61.3 Å². The smallest absolute Gasteiger partial charge is 2.00 e. The van der Waals surface area contributed by atoms with Crippen molar-refractivity contribution in [2.24, 2.45) is 0 Å².